The predicted molar refractivity (Wildman–Crippen MR) is 158 cm³/mol. The molecule has 0 unspecified atom stereocenters. The highest BCUT2D eigenvalue weighted by Crippen LogP contribution is 2.40. The van der Waals surface area contributed by atoms with Crippen LogP contribution in [0.1, 0.15) is 52.9 Å². The summed E-state index contributed by atoms with van der Waals surface area (Å²) in [6.45, 7) is 7.73. The molecule has 0 saturated carbocycles. The Morgan fingerprint density at radius 3 is 2.31 bits per heavy atom. The highest BCUT2D eigenvalue weighted by Gasteiger charge is 2.36. The van der Waals surface area contributed by atoms with Gasteiger partial charge in [0.05, 0.1) is 26.9 Å². The van der Waals surface area contributed by atoms with Crippen LogP contribution < -0.4 is 14.4 Å². The smallest absolute Gasteiger partial charge is 0.255 e. The van der Waals surface area contributed by atoms with Crippen molar-refractivity contribution in [2.24, 2.45) is 0 Å². The van der Waals surface area contributed by atoms with Gasteiger partial charge in [-0.1, -0.05) is 25.1 Å². The van der Waals surface area contributed by atoms with E-state index in [4.69, 9.17) is 14.2 Å². The Labute approximate surface area is 246 Å². The summed E-state index contributed by atoms with van der Waals surface area (Å²) in [5.41, 5.74) is 3.77. The number of ether oxygens (including phenoxy) is 3. The molecule has 0 spiro atoms. The molecule has 2 heterocycles. The molecule has 1 amide bonds. The van der Waals surface area contributed by atoms with Crippen molar-refractivity contribution in [2.75, 3.05) is 58.5 Å². The van der Waals surface area contributed by atoms with Crippen LogP contribution in [0.3, 0.4) is 0 Å². The van der Waals surface area contributed by atoms with E-state index in [9.17, 15) is 13.6 Å². The van der Waals surface area contributed by atoms with Crippen molar-refractivity contribution >= 4 is 11.6 Å². The van der Waals surface area contributed by atoms with E-state index < -0.39 is 11.6 Å². The van der Waals surface area contributed by atoms with Crippen LogP contribution in [-0.4, -0.2) is 69.3 Å². The Bertz CT molecular complexity index is 1370. The topological polar surface area (TPSA) is 54.5 Å². The highest BCUT2D eigenvalue weighted by atomic mass is 19.1. The fraction of sp³-hybridized carbons (Fsp3) is 0.424. The second-order valence-electron chi connectivity index (χ2n) is 10.7. The Kier molecular flexibility index (Phi) is 9.59. The number of piperazine rings is 1. The highest BCUT2D eigenvalue weighted by molar-refractivity contribution is 6.00. The van der Waals surface area contributed by atoms with Gasteiger partial charge in [0.15, 0.2) is 11.5 Å². The average molecular weight is 580 g/mol. The molecule has 0 radical (unpaired) electrons. The van der Waals surface area contributed by atoms with Crippen LogP contribution in [0.2, 0.25) is 0 Å². The quantitative estimate of drug-likeness (QED) is 0.252. The van der Waals surface area contributed by atoms with Gasteiger partial charge < -0.3 is 28.9 Å². The molecule has 2 aliphatic heterocycles. The Morgan fingerprint density at radius 2 is 1.62 bits per heavy atom. The number of amides is 1. The number of halogens is 2. The molecular formula is C33H39F2N3O4. The number of hydrogen-bond donors (Lipinski definition) is 0. The summed E-state index contributed by atoms with van der Waals surface area (Å²) in [7, 11) is 3.18. The van der Waals surface area contributed by atoms with Crippen molar-refractivity contribution in [3.05, 3.63) is 88.5 Å². The normalized spacial score (nSPS) is 16.1. The third-order valence-electron chi connectivity index (χ3n) is 8.37. The van der Waals surface area contributed by atoms with Gasteiger partial charge in [-0.2, -0.15) is 0 Å². The number of carbonyl (C=O) groups excluding carboxylic acids is 1. The maximum absolute atomic E-state index is 14.0. The van der Waals surface area contributed by atoms with Gasteiger partial charge in [0, 0.05) is 61.7 Å². The Hall–Kier alpha value is -3.69. The van der Waals surface area contributed by atoms with E-state index in [-0.39, 0.29) is 24.1 Å². The van der Waals surface area contributed by atoms with E-state index in [2.05, 4.69) is 22.8 Å². The molecule has 2 aliphatic rings. The first-order valence-corrected chi connectivity index (χ1v) is 14.6. The van der Waals surface area contributed by atoms with Crippen LogP contribution in [0, 0.1) is 11.6 Å². The molecule has 1 saturated heterocycles. The van der Waals surface area contributed by atoms with E-state index in [1.54, 1.807) is 14.2 Å². The third kappa shape index (κ3) is 6.22. The van der Waals surface area contributed by atoms with Crippen molar-refractivity contribution in [2.45, 2.75) is 39.0 Å². The molecule has 0 aromatic heterocycles. The molecule has 9 heteroatoms. The van der Waals surface area contributed by atoms with Crippen LogP contribution in [0.5, 0.6) is 11.5 Å². The minimum Gasteiger partial charge on any atom is -0.493 e. The summed E-state index contributed by atoms with van der Waals surface area (Å²) in [4.78, 5) is 20.7. The standard InChI is InChI=1S/C33H39F2N3O4/c1-4-36-15-17-37(18-16-36)30-11-5-8-24-25(30)21-38(33(24)39)29(23-13-14-31(40-2)32(20-23)41-3)12-7-19-42-22-26-27(34)9-6-10-28(26)35/h5-6,8-11,13-14,20,29H,4,7,12,15-19,21-22H2,1-3H3/t29-/m1/s1. The van der Waals surface area contributed by atoms with Gasteiger partial charge in [-0.05, 0) is 61.3 Å². The summed E-state index contributed by atoms with van der Waals surface area (Å²) in [6, 6.07) is 15.3. The number of methoxy groups -OCH3 is 2. The van der Waals surface area contributed by atoms with E-state index in [1.807, 2.05) is 35.2 Å². The lowest BCUT2D eigenvalue weighted by atomic mass is 9.99. The number of likely N-dealkylation sites (N-methyl/N-ethyl adjacent to an activating group) is 1. The number of rotatable bonds is 12. The molecule has 7 nitrogen and oxygen atoms in total. The van der Waals surface area contributed by atoms with Gasteiger partial charge in [-0.15, -0.1) is 0 Å². The van der Waals surface area contributed by atoms with Gasteiger partial charge in [0.2, 0.25) is 0 Å². The van der Waals surface area contributed by atoms with Gasteiger partial charge >= 0.3 is 0 Å². The van der Waals surface area contributed by atoms with Crippen molar-refractivity contribution in [1.29, 1.82) is 0 Å². The Morgan fingerprint density at radius 1 is 0.905 bits per heavy atom. The monoisotopic (exact) mass is 579 g/mol. The number of carbonyl (C=O) groups is 1. The first-order valence-electron chi connectivity index (χ1n) is 14.6. The summed E-state index contributed by atoms with van der Waals surface area (Å²) in [5, 5.41) is 0. The number of nitrogens with zero attached hydrogens (tertiary/aromatic N) is 3. The first-order chi connectivity index (χ1) is 20.4. The van der Waals surface area contributed by atoms with Gasteiger partial charge in [-0.3, -0.25) is 4.79 Å². The zero-order chi connectivity index (χ0) is 29.6. The molecule has 1 atom stereocenters. The summed E-state index contributed by atoms with van der Waals surface area (Å²) in [5.74, 6) is -0.0472. The molecular weight excluding hydrogens is 540 g/mol. The minimum atomic E-state index is -0.620. The lowest BCUT2D eigenvalue weighted by molar-refractivity contribution is 0.0657. The van der Waals surface area contributed by atoms with Crippen molar-refractivity contribution in [3.63, 3.8) is 0 Å². The van der Waals surface area contributed by atoms with E-state index in [0.717, 1.165) is 55.1 Å². The maximum atomic E-state index is 14.0. The number of hydrogen-bond acceptors (Lipinski definition) is 6. The average Bonchev–Trinajstić information content (AvgIpc) is 3.35. The zero-order valence-corrected chi connectivity index (χ0v) is 24.6. The second kappa shape index (κ2) is 13.5. The largest absolute Gasteiger partial charge is 0.493 e. The Balaban J connectivity index is 1.35. The fourth-order valence-electron chi connectivity index (χ4n) is 5.98. The number of anilines is 1. The predicted octanol–water partition coefficient (Wildman–Crippen LogP) is 5.82. The SMILES string of the molecule is CCN1CCN(c2cccc3c2CN([C@H](CCCOCc2c(F)cccc2F)c2ccc(OC)c(OC)c2)C3=O)CC1. The number of benzene rings is 3. The lowest BCUT2D eigenvalue weighted by Gasteiger charge is -2.36. The molecule has 3 aromatic carbocycles. The molecule has 0 bridgehead atoms. The fourth-order valence-corrected chi connectivity index (χ4v) is 5.98. The summed E-state index contributed by atoms with van der Waals surface area (Å²) < 4.78 is 44.8. The van der Waals surface area contributed by atoms with Crippen LogP contribution >= 0.6 is 0 Å². The van der Waals surface area contributed by atoms with Crippen LogP contribution in [0.4, 0.5) is 14.5 Å². The number of fused-ring (bicyclic) bond motifs is 1. The van der Waals surface area contributed by atoms with Gasteiger partial charge in [0.25, 0.3) is 5.91 Å². The zero-order valence-electron chi connectivity index (χ0n) is 24.6. The summed E-state index contributed by atoms with van der Waals surface area (Å²) >= 11 is 0. The molecule has 0 aliphatic carbocycles. The van der Waals surface area contributed by atoms with Crippen molar-refractivity contribution in [1.82, 2.24) is 9.80 Å². The van der Waals surface area contributed by atoms with Crippen molar-refractivity contribution < 1.29 is 27.8 Å². The van der Waals surface area contributed by atoms with Crippen LogP contribution in [0.15, 0.2) is 54.6 Å². The molecule has 1 fully saturated rings. The van der Waals surface area contributed by atoms with Gasteiger partial charge in [0.1, 0.15) is 11.6 Å². The van der Waals surface area contributed by atoms with E-state index >= 15 is 0 Å². The van der Waals surface area contributed by atoms with E-state index in [0.29, 0.717) is 37.5 Å². The van der Waals surface area contributed by atoms with Crippen LogP contribution in [0.25, 0.3) is 0 Å². The first kappa shape index (κ1) is 29.8. The third-order valence-corrected chi connectivity index (χ3v) is 8.37. The minimum absolute atomic E-state index is 0.00632. The molecule has 3 aromatic rings. The lowest BCUT2D eigenvalue weighted by Crippen LogP contribution is -2.46. The summed E-state index contributed by atoms with van der Waals surface area (Å²) in [6.07, 6.45) is 1.18. The second-order valence-corrected chi connectivity index (χ2v) is 10.7. The maximum Gasteiger partial charge on any atom is 0.255 e. The van der Waals surface area contributed by atoms with Gasteiger partial charge in [-0.25, -0.2) is 8.78 Å². The molecule has 224 valence electrons. The van der Waals surface area contributed by atoms with E-state index in [1.165, 1.54) is 18.2 Å². The van der Waals surface area contributed by atoms with Crippen molar-refractivity contribution in [3.8, 4) is 11.5 Å². The van der Waals surface area contributed by atoms with Crippen LogP contribution in [-0.2, 0) is 17.9 Å². The molecule has 5 rings (SSSR count). The molecule has 0 N–H and O–H groups in total. The molecule has 42 heavy (non-hydrogen) atoms.